The Morgan fingerprint density at radius 2 is 1.00 bits per heavy atom. The molecule has 140 valence electrons. The van der Waals surface area contributed by atoms with E-state index >= 15 is 0 Å². The summed E-state index contributed by atoms with van der Waals surface area (Å²) in [6.45, 7) is 0.0124. The fourth-order valence-corrected chi connectivity index (χ4v) is 3.80. The first-order valence-electron chi connectivity index (χ1n) is 7.37. The zero-order valence-corrected chi connectivity index (χ0v) is 16.7. The molecule has 0 N–H and O–H groups in total. The van der Waals surface area contributed by atoms with Crippen molar-refractivity contribution in [2.75, 3.05) is 12.5 Å². The van der Waals surface area contributed by atoms with E-state index in [-0.39, 0.29) is 23.0 Å². The molecule has 0 unspecified atom stereocenters. The highest BCUT2D eigenvalue weighted by Crippen LogP contribution is 2.27. The summed E-state index contributed by atoms with van der Waals surface area (Å²) < 4.78 is 67.4. The van der Waals surface area contributed by atoms with Gasteiger partial charge < -0.3 is 0 Å². The molecule has 26 heavy (non-hydrogen) atoms. The molecule has 0 spiro atoms. The predicted molar refractivity (Wildman–Crippen MR) is 96.3 cm³/mol. The number of hydrogen-bond donors (Lipinski definition) is 0. The highest BCUT2D eigenvalue weighted by molar-refractivity contribution is 7.91. The van der Waals surface area contributed by atoms with E-state index in [4.69, 9.17) is 9.05 Å². The third-order valence-electron chi connectivity index (χ3n) is 3.38. The van der Waals surface area contributed by atoms with Crippen LogP contribution in [0, 0.1) is 0 Å². The third-order valence-corrected chi connectivity index (χ3v) is 6.31. The summed E-state index contributed by atoms with van der Waals surface area (Å²) in [6.07, 6.45) is 2.23. The van der Waals surface area contributed by atoms with Crippen LogP contribution in [-0.2, 0) is 46.5 Å². The molecule has 0 amide bonds. The summed E-state index contributed by atoms with van der Waals surface area (Å²) in [6, 6.07) is 12.1. The SMILES string of the molecule is CS(=O)(=O)c1ccc(CO[P+](=O)OCc2ccc(S(C)(=O)=O)cc2)cc1. The fraction of sp³-hybridized carbons (Fsp3) is 0.250. The molecular formula is C16H18O7PS2+. The highest BCUT2D eigenvalue weighted by Gasteiger charge is 2.21. The summed E-state index contributed by atoms with van der Waals surface area (Å²) >= 11 is 0. The minimum absolute atomic E-state index is 0.00621. The van der Waals surface area contributed by atoms with E-state index in [2.05, 4.69) is 0 Å². The van der Waals surface area contributed by atoms with Gasteiger partial charge in [0, 0.05) is 17.1 Å². The lowest BCUT2D eigenvalue weighted by Crippen LogP contribution is -1.98. The van der Waals surface area contributed by atoms with Crippen molar-refractivity contribution in [3.05, 3.63) is 59.7 Å². The molecule has 0 aliphatic heterocycles. The van der Waals surface area contributed by atoms with Gasteiger partial charge in [0.2, 0.25) is 0 Å². The second-order valence-corrected chi connectivity index (χ2v) is 10.6. The summed E-state index contributed by atoms with van der Waals surface area (Å²) in [5, 5.41) is 0. The average molecular weight is 417 g/mol. The first kappa shape index (κ1) is 20.7. The van der Waals surface area contributed by atoms with Gasteiger partial charge in [-0.1, -0.05) is 24.3 Å². The minimum Gasteiger partial charge on any atom is -0.224 e. The number of benzene rings is 2. The predicted octanol–water partition coefficient (Wildman–Crippen LogP) is 2.88. The maximum Gasteiger partial charge on any atom is 0.698 e. The lowest BCUT2D eigenvalue weighted by Gasteiger charge is -2.00. The molecule has 0 atom stereocenters. The maximum absolute atomic E-state index is 11.8. The molecule has 2 aromatic carbocycles. The van der Waals surface area contributed by atoms with E-state index in [9.17, 15) is 21.4 Å². The summed E-state index contributed by atoms with van der Waals surface area (Å²) in [5.41, 5.74) is 1.31. The first-order chi connectivity index (χ1) is 12.1. The van der Waals surface area contributed by atoms with Gasteiger partial charge >= 0.3 is 8.25 Å². The van der Waals surface area contributed by atoms with Crippen molar-refractivity contribution in [3.63, 3.8) is 0 Å². The summed E-state index contributed by atoms with van der Waals surface area (Å²) in [7, 11) is -8.90. The molecule has 0 fully saturated rings. The Balaban J connectivity index is 1.84. The minimum atomic E-state index is -3.26. The molecule has 0 saturated heterocycles. The Bertz CT molecular complexity index is 898. The van der Waals surface area contributed by atoms with Gasteiger partial charge in [0.1, 0.15) is 13.2 Å². The van der Waals surface area contributed by atoms with Gasteiger partial charge in [-0.2, -0.15) is 0 Å². The van der Waals surface area contributed by atoms with E-state index in [1.165, 1.54) is 24.3 Å². The molecule has 0 radical (unpaired) electrons. The van der Waals surface area contributed by atoms with Crippen LogP contribution in [-0.4, -0.2) is 29.3 Å². The van der Waals surface area contributed by atoms with E-state index in [0.717, 1.165) is 12.5 Å². The molecule has 0 aliphatic rings. The largest absolute Gasteiger partial charge is 0.698 e. The Hall–Kier alpha value is -1.64. The Labute approximate surface area is 153 Å². The molecule has 2 rings (SSSR count). The Morgan fingerprint density at radius 3 is 1.27 bits per heavy atom. The van der Waals surface area contributed by atoms with Gasteiger partial charge in [0.05, 0.1) is 9.79 Å². The van der Waals surface area contributed by atoms with Crippen LogP contribution in [0.4, 0.5) is 0 Å². The van der Waals surface area contributed by atoms with Crippen molar-refractivity contribution in [1.29, 1.82) is 0 Å². The lowest BCUT2D eigenvalue weighted by atomic mass is 10.2. The van der Waals surface area contributed by atoms with Crippen LogP contribution < -0.4 is 0 Å². The van der Waals surface area contributed by atoms with Crippen molar-refractivity contribution >= 4 is 27.9 Å². The molecule has 0 aromatic heterocycles. The standard InChI is InChI=1S/C16H18O7PS2/c1-25(18,19)15-7-3-13(4-8-15)11-22-24(17)23-12-14-5-9-16(10-6-14)26(2,20)21/h3-10H,11-12H2,1-2H3/q+1. The van der Waals surface area contributed by atoms with Crippen LogP contribution in [0.3, 0.4) is 0 Å². The molecule has 7 nitrogen and oxygen atoms in total. The number of hydrogen-bond acceptors (Lipinski definition) is 7. The molecule has 2 aromatic rings. The maximum atomic E-state index is 11.8. The summed E-state index contributed by atoms with van der Waals surface area (Å²) in [5.74, 6) is 0. The normalized spacial score (nSPS) is 12.1. The van der Waals surface area contributed by atoms with Gasteiger partial charge in [-0.15, -0.1) is 9.05 Å². The van der Waals surface area contributed by atoms with E-state index in [1.807, 2.05) is 0 Å². The average Bonchev–Trinajstić information content (AvgIpc) is 2.57. The van der Waals surface area contributed by atoms with E-state index in [0.29, 0.717) is 11.1 Å². The molecule has 0 aliphatic carbocycles. The second kappa shape index (κ2) is 8.37. The van der Waals surface area contributed by atoms with Crippen molar-refractivity contribution < 1.29 is 30.4 Å². The van der Waals surface area contributed by atoms with Gasteiger partial charge in [0.15, 0.2) is 19.7 Å². The van der Waals surface area contributed by atoms with Crippen molar-refractivity contribution in [1.82, 2.24) is 0 Å². The first-order valence-corrected chi connectivity index (χ1v) is 12.2. The van der Waals surface area contributed by atoms with Crippen LogP contribution in [0.2, 0.25) is 0 Å². The van der Waals surface area contributed by atoms with E-state index < -0.39 is 27.9 Å². The molecule has 10 heteroatoms. The monoisotopic (exact) mass is 417 g/mol. The quantitative estimate of drug-likeness (QED) is 0.608. The molecular weight excluding hydrogens is 399 g/mol. The lowest BCUT2D eigenvalue weighted by molar-refractivity contribution is 0.213. The van der Waals surface area contributed by atoms with E-state index in [1.54, 1.807) is 24.3 Å². The third kappa shape index (κ3) is 6.26. The zero-order chi connectivity index (χ0) is 19.4. The molecule has 0 saturated carbocycles. The van der Waals surface area contributed by atoms with Gasteiger partial charge in [0.25, 0.3) is 0 Å². The molecule has 0 bridgehead atoms. The molecule has 0 heterocycles. The number of sulfone groups is 2. The smallest absolute Gasteiger partial charge is 0.224 e. The van der Waals surface area contributed by atoms with Crippen molar-refractivity contribution in [3.8, 4) is 0 Å². The van der Waals surface area contributed by atoms with Crippen molar-refractivity contribution in [2.45, 2.75) is 23.0 Å². The van der Waals surface area contributed by atoms with Crippen LogP contribution >= 0.6 is 8.25 Å². The Kier molecular flexibility index (Phi) is 6.65. The van der Waals surface area contributed by atoms with Crippen LogP contribution in [0.15, 0.2) is 58.3 Å². The van der Waals surface area contributed by atoms with Gasteiger partial charge in [-0.3, -0.25) is 0 Å². The fourth-order valence-electron chi connectivity index (χ4n) is 1.96. The van der Waals surface area contributed by atoms with Crippen LogP contribution in [0.1, 0.15) is 11.1 Å². The summed E-state index contributed by atoms with van der Waals surface area (Å²) in [4.78, 5) is 0.388. The zero-order valence-electron chi connectivity index (χ0n) is 14.2. The second-order valence-electron chi connectivity index (χ2n) is 5.60. The van der Waals surface area contributed by atoms with Crippen LogP contribution in [0.25, 0.3) is 0 Å². The van der Waals surface area contributed by atoms with Gasteiger partial charge in [-0.25, -0.2) is 16.8 Å². The Morgan fingerprint density at radius 1 is 0.692 bits per heavy atom. The van der Waals surface area contributed by atoms with Crippen molar-refractivity contribution in [2.24, 2.45) is 0 Å². The van der Waals surface area contributed by atoms with Crippen LogP contribution in [0.5, 0.6) is 0 Å². The topological polar surface area (TPSA) is 104 Å². The van der Waals surface area contributed by atoms with Gasteiger partial charge in [-0.05, 0) is 35.4 Å². The number of rotatable bonds is 8. The highest BCUT2D eigenvalue weighted by atomic mass is 32.2.